The highest BCUT2D eigenvalue weighted by Gasteiger charge is 2.42. The number of ether oxygens (including phenoxy) is 5. The fraction of sp³-hybridized carbons (Fsp3) is 0.766. The van der Waals surface area contributed by atoms with Crippen LogP contribution in [-0.4, -0.2) is 92.6 Å². The topological polar surface area (TPSA) is 197 Å². The molecule has 117 heavy (non-hydrogen) atoms. The highest BCUT2D eigenvalue weighted by Crippen LogP contribution is 2.42. The molecule has 3 saturated carbocycles. The molecule has 4 aromatic rings. The van der Waals surface area contributed by atoms with E-state index >= 15 is 0 Å². The number of nitrogens with one attached hydrogen (secondary N) is 1. The van der Waals surface area contributed by atoms with Gasteiger partial charge in [0.2, 0.25) is 0 Å². The molecule has 0 aliphatic heterocycles. The Bertz CT molecular complexity index is 2930. The first-order valence-electron chi connectivity index (χ1n) is 37.7. The van der Waals surface area contributed by atoms with Gasteiger partial charge in [-0.05, 0) is 250 Å². The van der Waals surface area contributed by atoms with Crippen LogP contribution in [0.15, 0.2) is 69.7 Å². The Morgan fingerprint density at radius 2 is 0.761 bits per heavy atom. The monoisotopic (exact) mass is 1830 g/mol. The second kappa shape index (κ2) is 74.4. The smallest absolute Gasteiger partial charge is 0.312 e. The lowest BCUT2D eigenvalue weighted by Gasteiger charge is -2.32. The number of hydrogen-bond donors (Lipinski definition) is 4. The third-order valence-corrected chi connectivity index (χ3v) is 27.7. The van der Waals surface area contributed by atoms with Gasteiger partial charge in [-0.1, -0.05) is 241 Å². The van der Waals surface area contributed by atoms with Gasteiger partial charge >= 0.3 is 35.8 Å². The highest BCUT2D eigenvalue weighted by molar-refractivity contribution is 8.01. The lowest BCUT2D eigenvalue weighted by atomic mass is 9.89. The van der Waals surface area contributed by atoms with Gasteiger partial charge in [0.25, 0.3) is 0 Å². The van der Waals surface area contributed by atoms with E-state index < -0.39 is 11.4 Å². The molecule has 0 amide bonds. The van der Waals surface area contributed by atoms with Crippen LogP contribution >= 0.6 is 107 Å². The molecule has 0 radical (unpaired) electrons. The van der Waals surface area contributed by atoms with Crippen LogP contribution in [0, 0.1) is 37.5 Å². The molecule has 3 aromatic heterocycles. The number of nitrogens with zero attached hydrogens (tertiary/aromatic N) is 1. The van der Waals surface area contributed by atoms with Crippen LogP contribution in [0.5, 0.6) is 0 Å². The quantitative estimate of drug-likeness (QED) is 0.00926. The molecule has 700 valence electrons. The standard InChI is InChI=1S/C13H16N2S3.3C13H24O2.2C11H16O2S3.C6H12O2.14CH4/c1-3-9(2)11-6-4-10(5-7-11)8-17-13-15-14-12(16)18-13;3*1-5-12(3,4)11(14)15-13(6-2)9-7-8-10-13;2*1-3-8(2)11(12)13-6-7-15-10-5-4-9(14)16-10;1-4-6(2,3)5(7)8;;;;;;;;;;;;;;/h4-7,9H,3,8H2,1-2H3,(H,14,16);3*5-10H2,1-4H3;2*4-5,8,14H,3,6-7H2,1-2H3;4H2,1-3H3,(H,7,8);14*1H4. The molecule has 3 aliphatic carbocycles. The molecular formula is C94H188N2O12S9. The first-order chi connectivity index (χ1) is 48.3. The summed E-state index contributed by atoms with van der Waals surface area (Å²) in [5.41, 5.74) is 0.812. The van der Waals surface area contributed by atoms with Crippen LogP contribution < -0.4 is 0 Å². The zero-order chi connectivity index (χ0) is 78.3. The van der Waals surface area contributed by atoms with E-state index in [-0.39, 0.29) is 179 Å². The summed E-state index contributed by atoms with van der Waals surface area (Å²) in [6.07, 6.45) is 22.4. The number of rotatable bonds is 31. The van der Waals surface area contributed by atoms with Crippen LogP contribution in [0.25, 0.3) is 0 Å². The molecule has 1 aromatic carbocycles. The number of thiol groups is 2. The van der Waals surface area contributed by atoms with Gasteiger partial charge in [-0.25, -0.2) is 0 Å². The molecule has 3 unspecified atom stereocenters. The third-order valence-electron chi connectivity index (χ3n) is 20.4. The SMILES string of the molecule is C.C.C.C.C.C.C.C.C.C.C.C.C.C.CCC(C)(C)C(=O)O.CCC(C)C(=O)OCCSc1ccc(S)s1.CCC(C)C(=O)OCCSc1ccc(S)s1.CCC(C)c1ccc(CSc2n[nH]c(=S)s2)cc1.CCC1(OC(=O)C(C)(C)CC)CCCC1.CCC1(OC(=O)C(C)(C)CC)CCCC1.CCC1(OC(=O)C(C)(C)CC)CCCC1. The number of aromatic nitrogens is 2. The number of carboxylic acid groups (broad SMARTS) is 1. The van der Waals surface area contributed by atoms with Crippen molar-refractivity contribution in [3.05, 3.63) is 63.6 Å². The van der Waals surface area contributed by atoms with Crippen molar-refractivity contribution in [2.45, 2.75) is 440 Å². The zero-order valence-corrected chi connectivity index (χ0v) is 74.1. The van der Waals surface area contributed by atoms with Gasteiger partial charge < -0.3 is 28.8 Å². The fourth-order valence-corrected chi connectivity index (χ4v) is 16.5. The van der Waals surface area contributed by atoms with Crippen LogP contribution in [-0.2, 0) is 58.2 Å². The van der Waals surface area contributed by atoms with Crippen molar-refractivity contribution >= 4 is 143 Å². The predicted octanol–water partition coefficient (Wildman–Crippen LogP) is 33.9. The molecule has 3 atom stereocenters. The molecule has 0 bridgehead atoms. The molecule has 3 heterocycles. The average molecular weight is 1830 g/mol. The van der Waals surface area contributed by atoms with Crippen LogP contribution in [0.1, 0.15) is 408 Å². The van der Waals surface area contributed by atoms with Crippen molar-refractivity contribution in [2.75, 3.05) is 24.7 Å². The molecular weight excluding hydrogens is 1640 g/mol. The van der Waals surface area contributed by atoms with E-state index in [0.29, 0.717) is 25.6 Å². The summed E-state index contributed by atoms with van der Waals surface area (Å²) in [6.45, 7) is 42.8. The Morgan fingerprint density at radius 1 is 0.462 bits per heavy atom. The summed E-state index contributed by atoms with van der Waals surface area (Å²) in [6, 6.07) is 16.9. The second-order valence-corrected chi connectivity index (χ2v) is 39.1. The maximum absolute atomic E-state index is 12.0. The number of carbonyl (C=O) groups excluding carboxylic acids is 5. The number of esters is 5. The molecule has 7 rings (SSSR count). The van der Waals surface area contributed by atoms with E-state index in [1.54, 1.807) is 71.8 Å². The van der Waals surface area contributed by atoms with E-state index in [1.807, 2.05) is 121 Å². The lowest BCUT2D eigenvalue weighted by molar-refractivity contribution is -0.171. The number of thiophene rings is 2. The van der Waals surface area contributed by atoms with E-state index in [4.69, 9.17) is 41.0 Å². The highest BCUT2D eigenvalue weighted by atomic mass is 32.2. The Balaban J connectivity index is -0.0000000870. The summed E-state index contributed by atoms with van der Waals surface area (Å²) in [5, 5.41) is 15.4. The Hall–Kier alpha value is -3.03. The number of carbonyl (C=O) groups is 6. The molecule has 14 nitrogen and oxygen atoms in total. The predicted molar refractivity (Wildman–Crippen MR) is 538 cm³/mol. The summed E-state index contributed by atoms with van der Waals surface area (Å²) in [7, 11) is 0. The minimum Gasteiger partial charge on any atom is -0.481 e. The van der Waals surface area contributed by atoms with Crippen molar-refractivity contribution in [1.29, 1.82) is 0 Å². The van der Waals surface area contributed by atoms with Gasteiger partial charge in [0, 0.05) is 17.3 Å². The Kier molecular flexibility index (Phi) is 92.6. The summed E-state index contributed by atoms with van der Waals surface area (Å²) < 4.78 is 33.8. The maximum Gasteiger partial charge on any atom is 0.312 e. The number of H-pyrrole nitrogens is 1. The normalized spacial score (nSPS) is 13.9. The van der Waals surface area contributed by atoms with E-state index in [9.17, 15) is 28.8 Å². The molecule has 3 aliphatic rings. The average Bonchev–Trinajstić information content (AvgIpc) is 1.75. The molecule has 2 N–H and O–H groups in total. The van der Waals surface area contributed by atoms with Gasteiger partial charge in [0.05, 0.1) is 50.3 Å². The van der Waals surface area contributed by atoms with Gasteiger partial charge in [-0.3, -0.25) is 33.9 Å². The maximum atomic E-state index is 12.0. The van der Waals surface area contributed by atoms with Crippen molar-refractivity contribution in [3.63, 3.8) is 0 Å². The number of thioether (sulfide) groups is 3. The second-order valence-electron chi connectivity index (χ2n) is 29.7. The number of benzene rings is 1. The summed E-state index contributed by atoms with van der Waals surface area (Å²) in [4.78, 5) is 68.9. The molecule has 0 spiro atoms. The van der Waals surface area contributed by atoms with E-state index in [1.165, 1.54) is 75.8 Å². The van der Waals surface area contributed by atoms with Crippen LogP contribution in [0.3, 0.4) is 0 Å². The van der Waals surface area contributed by atoms with E-state index in [2.05, 4.69) is 94.3 Å². The molecule has 23 heteroatoms. The summed E-state index contributed by atoms with van der Waals surface area (Å²) in [5.74, 6) is 2.24. The lowest BCUT2D eigenvalue weighted by Crippen LogP contribution is -2.37. The van der Waals surface area contributed by atoms with Crippen molar-refractivity contribution < 1.29 is 57.6 Å². The molecule has 3 fully saturated rings. The number of aliphatic carboxylic acids is 1. The minimum atomic E-state index is -0.722. The summed E-state index contributed by atoms with van der Waals surface area (Å²) >= 11 is 23.4. The van der Waals surface area contributed by atoms with Gasteiger partial charge in [-0.15, -0.1) is 71.5 Å². The number of carboxylic acids is 1. The minimum absolute atomic E-state index is 0. The van der Waals surface area contributed by atoms with Crippen LogP contribution in [0.2, 0.25) is 0 Å². The Morgan fingerprint density at radius 3 is 0.974 bits per heavy atom. The number of aromatic amines is 1. The van der Waals surface area contributed by atoms with Crippen molar-refractivity contribution in [3.8, 4) is 0 Å². The van der Waals surface area contributed by atoms with Crippen LogP contribution in [0.4, 0.5) is 0 Å². The third kappa shape index (κ3) is 55.7. The van der Waals surface area contributed by atoms with Crippen molar-refractivity contribution in [2.24, 2.45) is 33.5 Å². The first-order valence-corrected chi connectivity index (χ1v) is 44.4. The fourth-order valence-electron chi connectivity index (χ4n) is 9.79. The van der Waals surface area contributed by atoms with Gasteiger partial charge in [0.1, 0.15) is 30.0 Å². The largest absolute Gasteiger partial charge is 0.481 e. The zero-order valence-electron chi connectivity index (χ0n) is 66.6. The van der Waals surface area contributed by atoms with Gasteiger partial charge in [-0.2, -0.15) is 5.10 Å². The van der Waals surface area contributed by atoms with Crippen molar-refractivity contribution in [1.82, 2.24) is 10.2 Å². The Labute approximate surface area is 766 Å². The molecule has 0 saturated heterocycles. The number of hydrogen-bond acceptors (Lipinski definition) is 21. The van der Waals surface area contributed by atoms with E-state index in [0.717, 1.165) is 124 Å². The first kappa shape index (κ1) is 146. The van der Waals surface area contributed by atoms with Gasteiger partial charge in [0.15, 0.2) is 8.29 Å².